The van der Waals surface area contributed by atoms with Crippen molar-refractivity contribution in [2.24, 2.45) is 0 Å². The minimum absolute atomic E-state index is 0.0961. The lowest BCUT2D eigenvalue weighted by molar-refractivity contribution is -0.136. The van der Waals surface area contributed by atoms with Crippen molar-refractivity contribution < 1.29 is 14.3 Å². The highest BCUT2D eigenvalue weighted by Crippen LogP contribution is 2.24. The van der Waals surface area contributed by atoms with E-state index in [0.29, 0.717) is 17.1 Å². The minimum atomic E-state index is -0.486. The lowest BCUT2D eigenvalue weighted by atomic mass is 10.2. The van der Waals surface area contributed by atoms with Crippen LogP contribution in [0.5, 0.6) is 5.75 Å². The van der Waals surface area contributed by atoms with Crippen LogP contribution in [-0.2, 0) is 9.59 Å². The molecule has 0 bridgehead atoms. The number of anilines is 2. The fraction of sp³-hybridized carbons (Fsp3) is 0.312. The maximum atomic E-state index is 12.3. The quantitative estimate of drug-likeness (QED) is 0.773. The number of amides is 2. The largest absolute Gasteiger partial charge is 0.497 e. The molecular weight excluding hydrogens is 310 g/mol. The predicted octanol–water partition coefficient (Wildman–Crippen LogP) is 1.13. The first-order valence-electron chi connectivity index (χ1n) is 7.40. The molecule has 24 heavy (non-hydrogen) atoms. The monoisotopic (exact) mass is 331 g/mol. The number of methoxy groups -OCH3 is 1. The fourth-order valence-corrected chi connectivity index (χ4v) is 2.20. The average molecular weight is 331 g/mol. The van der Waals surface area contributed by atoms with E-state index in [1.807, 2.05) is 0 Å². The lowest BCUT2D eigenvalue weighted by Crippen LogP contribution is -2.38. The summed E-state index contributed by atoms with van der Waals surface area (Å²) in [5, 5.41) is 6.72. The second-order valence-electron chi connectivity index (χ2n) is 5.36. The van der Waals surface area contributed by atoms with Crippen molar-refractivity contribution in [2.75, 3.05) is 31.8 Å². The molecule has 3 N–H and O–H groups in total. The Hall–Kier alpha value is -3.03. The van der Waals surface area contributed by atoms with Gasteiger partial charge in [-0.15, -0.1) is 0 Å². The summed E-state index contributed by atoms with van der Waals surface area (Å²) in [7, 11) is 3.09. The Morgan fingerprint density at radius 1 is 1.46 bits per heavy atom. The summed E-state index contributed by atoms with van der Waals surface area (Å²) in [4.78, 5) is 25.8. The van der Waals surface area contributed by atoms with Gasteiger partial charge in [-0.05, 0) is 25.1 Å². The average Bonchev–Trinajstić information content (AvgIpc) is 3.09. The smallest absolute Gasteiger partial charge is 0.247 e. The summed E-state index contributed by atoms with van der Waals surface area (Å²) < 4.78 is 6.64. The van der Waals surface area contributed by atoms with E-state index in [2.05, 4.69) is 10.4 Å². The minimum Gasteiger partial charge on any atom is -0.497 e. The van der Waals surface area contributed by atoms with Crippen LogP contribution in [0.2, 0.25) is 0 Å². The molecule has 0 saturated carbocycles. The van der Waals surface area contributed by atoms with E-state index in [1.54, 1.807) is 50.6 Å². The third-order valence-electron chi connectivity index (χ3n) is 3.57. The van der Waals surface area contributed by atoms with Gasteiger partial charge in [0.25, 0.3) is 0 Å². The Morgan fingerprint density at radius 3 is 2.83 bits per heavy atom. The van der Waals surface area contributed by atoms with Gasteiger partial charge in [-0.1, -0.05) is 0 Å². The number of nitrogens with two attached hydrogens (primary N) is 1. The number of carbonyl (C=O) groups is 2. The predicted molar refractivity (Wildman–Crippen MR) is 90.6 cm³/mol. The van der Waals surface area contributed by atoms with Crippen molar-refractivity contribution in [3.05, 3.63) is 36.7 Å². The van der Waals surface area contributed by atoms with Gasteiger partial charge in [-0.2, -0.15) is 5.10 Å². The van der Waals surface area contributed by atoms with Crippen molar-refractivity contribution >= 4 is 23.2 Å². The van der Waals surface area contributed by atoms with E-state index in [1.165, 1.54) is 16.7 Å². The van der Waals surface area contributed by atoms with Crippen molar-refractivity contribution in [1.29, 1.82) is 0 Å². The standard InChI is InChI=1S/C16H21N5O3/c1-11(21-8-4-7-18-21)16(23)20(2)10-15(22)19-14-9-12(24-3)5-6-13(14)17/h4-9,11H,10,17H2,1-3H3,(H,19,22). The van der Waals surface area contributed by atoms with Crippen LogP contribution in [0.4, 0.5) is 11.4 Å². The van der Waals surface area contributed by atoms with E-state index >= 15 is 0 Å². The van der Waals surface area contributed by atoms with Crippen LogP contribution < -0.4 is 15.8 Å². The van der Waals surface area contributed by atoms with Gasteiger partial charge in [0.2, 0.25) is 11.8 Å². The van der Waals surface area contributed by atoms with Crippen LogP contribution in [0, 0.1) is 0 Å². The highest BCUT2D eigenvalue weighted by atomic mass is 16.5. The number of rotatable bonds is 6. The summed E-state index contributed by atoms with van der Waals surface area (Å²) in [5.74, 6) is 0.0159. The summed E-state index contributed by atoms with van der Waals surface area (Å²) >= 11 is 0. The molecule has 8 heteroatoms. The van der Waals surface area contributed by atoms with Crippen molar-refractivity contribution in [1.82, 2.24) is 14.7 Å². The number of ether oxygens (including phenoxy) is 1. The zero-order valence-electron chi connectivity index (χ0n) is 13.9. The summed E-state index contributed by atoms with van der Waals surface area (Å²) in [6, 6.07) is 6.22. The Balaban J connectivity index is 1.98. The first kappa shape index (κ1) is 17.3. The molecule has 0 fully saturated rings. The fourth-order valence-electron chi connectivity index (χ4n) is 2.20. The Kier molecular flexibility index (Phi) is 5.41. The molecule has 1 aromatic carbocycles. The zero-order chi connectivity index (χ0) is 17.7. The van der Waals surface area contributed by atoms with Gasteiger partial charge in [0.05, 0.1) is 25.0 Å². The van der Waals surface area contributed by atoms with Crippen molar-refractivity contribution in [3.63, 3.8) is 0 Å². The number of hydrogen-bond donors (Lipinski definition) is 2. The topological polar surface area (TPSA) is 102 Å². The molecule has 8 nitrogen and oxygen atoms in total. The summed E-state index contributed by atoms with van der Waals surface area (Å²) in [6.07, 6.45) is 3.30. The van der Waals surface area contributed by atoms with Crippen LogP contribution in [0.25, 0.3) is 0 Å². The van der Waals surface area contributed by atoms with Gasteiger partial charge >= 0.3 is 0 Å². The molecule has 1 unspecified atom stereocenters. The summed E-state index contributed by atoms with van der Waals surface area (Å²) in [5.41, 5.74) is 6.70. The molecule has 1 heterocycles. The van der Waals surface area contributed by atoms with Crippen LogP contribution >= 0.6 is 0 Å². The second-order valence-corrected chi connectivity index (χ2v) is 5.36. The van der Waals surface area contributed by atoms with E-state index in [-0.39, 0.29) is 18.4 Å². The van der Waals surface area contributed by atoms with E-state index in [4.69, 9.17) is 10.5 Å². The first-order chi connectivity index (χ1) is 11.4. The summed E-state index contributed by atoms with van der Waals surface area (Å²) in [6.45, 7) is 1.63. The Labute approximate surface area is 140 Å². The van der Waals surface area contributed by atoms with E-state index < -0.39 is 6.04 Å². The third-order valence-corrected chi connectivity index (χ3v) is 3.57. The molecule has 2 rings (SSSR count). The number of nitrogens with zero attached hydrogens (tertiary/aromatic N) is 3. The Bertz CT molecular complexity index is 715. The molecule has 0 radical (unpaired) electrons. The van der Waals surface area contributed by atoms with Crippen LogP contribution in [0.3, 0.4) is 0 Å². The molecule has 0 aliphatic rings. The number of nitrogens with one attached hydrogen (secondary N) is 1. The van der Waals surface area contributed by atoms with Gasteiger partial charge in [-0.3, -0.25) is 14.3 Å². The molecule has 128 valence electrons. The highest BCUT2D eigenvalue weighted by molar-refractivity contribution is 5.97. The van der Waals surface area contributed by atoms with Gasteiger partial charge in [0.1, 0.15) is 11.8 Å². The van der Waals surface area contributed by atoms with E-state index in [0.717, 1.165) is 0 Å². The highest BCUT2D eigenvalue weighted by Gasteiger charge is 2.21. The normalized spacial score (nSPS) is 11.6. The van der Waals surface area contributed by atoms with Gasteiger partial charge in [0, 0.05) is 25.5 Å². The van der Waals surface area contributed by atoms with Crippen molar-refractivity contribution in [3.8, 4) is 5.75 Å². The molecular formula is C16H21N5O3. The third kappa shape index (κ3) is 4.03. The number of carbonyl (C=O) groups excluding carboxylic acids is 2. The molecule has 0 saturated heterocycles. The number of nitrogen functional groups attached to an aromatic ring is 1. The van der Waals surface area contributed by atoms with Gasteiger partial charge < -0.3 is 20.7 Å². The maximum absolute atomic E-state index is 12.3. The molecule has 0 aliphatic carbocycles. The molecule has 2 aromatic rings. The molecule has 0 spiro atoms. The van der Waals surface area contributed by atoms with Crippen LogP contribution in [-0.4, -0.2) is 47.2 Å². The Morgan fingerprint density at radius 2 is 2.21 bits per heavy atom. The first-order valence-corrected chi connectivity index (χ1v) is 7.40. The molecule has 2 amide bonds. The van der Waals surface area contributed by atoms with Crippen LogP contribution in [0.1, 0.15) is 13.0 Å². The van der Waals surface area contributed by atoms with Crippen molar-refractivity contribution in [2.45, 2.75) is 13.0 Å². The van der Waals surface area contributed by atoms with E-state index in [9.17, 15) is 9.59 Å². The molecule has 1 atom stereocenters. The second kappa shape index (κ2) is 7.49. The zero-order valence-corrected chi connectivity index (χ0v) is 13.9. The van der Waals surface area contributed by atoms with Gasteiger partial charge in [0.15, 0.2) is 0 Å². The lowest BCUT2D eigenvalue weighted by Gasteiger charge is -2.21. The number of benzene rings is 1. The van der Waals surface area contributed by atoms with Crippen LogP contribution in [0.15, 0.2) is 36.7 Å². The maximum Gasteiger partial charge on any atom is 0.247 e. The number of aromatic nitrogens is 2. The molecule has 0 aliphatic heterocycles. The SMILES string of the molecule is COc1ccc(N)c(NC(=O)CN(C)C(=O)C(C)n2cccn2)c1. The number of likely N-dealkylation sites (N-methyl/N-ethyl adjacent to an activating group) is 1. The number of hydrogen-bond acceptors (Lipinski definition) is 5. The van der Waals surface area contributed by atoms with Gasteiger partial charge in [-0.25, -0.2) is 0 Å². The molecule has 1 aromatic heterocycles.